The summed E-state index contributed by atoms with van der Waals surface area (Å²) in [6.07, 6.45) is 4.23. The number of rotatable bonds is 6. The molecular formula is C20H24N2O. The van der Waals surface area contributed by atoms with Gasteiger partial charge in [-0.15, -0.1) is 0 Å². The van der Waals surface area contributed by atoms with Gasteiger partial charge < -0.3 is 10.2 Å². The third kappa shape index (κ3) is 4.35. The molecule has 0 atom stereocenters. The van der Waals surface area contributed by atoms with Gasteiger partial charge >= 0.3 is 0 Å². The lowest BCUT2D eigenvalue weighted by molar-refractivity contribution is -0.119. The van der Waals surface area contributed by atoms with Crippen LogP contribution in [0.1, 0.15) is 24.0 Å². The molecule has 3 nitrogen and oxygen atoms in total. The Labute approximate surface area is 138 Å². The van der Waals surface area contributed by atoms with Crippen LogP contribution in [0.15, 0.2) is 54.6 Å². The molecule has 2 aromatic carbocycles. The van der Waals surface area contributed by atoms with Crippen LogP contribution in [0, 0.1) is 0 Å². The van der Waals surface area contributed by atoms with Crippen molar-refractivity contribution in [3.8, 4) is 0 Å². The van der Waals surface area contributed by atoms with Gasteiger partial charge in [0.1, 0.15) is 0 Å². The molecule has 1 amide bonds. The molecule has 0 unspecified atom stereocenters. The second kappa shape index (κ2) is 7.82. The highest BCUT2D eigenvalue weighted by molar-refractivity contribution is 5.81. The molecule has 0 bridgehead atoms. The van der Waals surface area contributed by atoms with Crippen LogP contribution in [0.4, 0.5) is 5.69 Å². The van der Waals surface area contributed by atoms with Crippen molar-refractivity contribution in [2.75, 3.05) is 24.5 Å². The molecule has 3 rings (SSSR count). The number of anilines is 1. The Morgan fingerprint density at radius 2 is 1.83 bits per heavy atom. The average molecular weight is 308 g/mol. The molecular weight excluding hydrogens is 284 g/mol. The zero-order valence-electron chi connectivity index (χ0n) is 13.5. The molecule has 23 heavy (non-hydrogen) atoms. The van der Waals surface area contributed by atoms with Crippen LogP contribution in [0.3, 0.4) is 0 Å². The van der Waals surface area contributed by atoms with E-state index in [9.17, 15) is 4.79 Å². The fourth-order valence-electron chi connectivity index (χ4n) is 3.17. The molecule has 0 radical (unpaired) electrons. The number of nitrogens with zero attached hydrogens (tertiary/aromatic N) is 1. The molecule has 1 N–H and O–H groups in total. The number of hydrogen-bond acceptors (Lipinski definition) is 2. The van der Waals surface area contributed by atoms with E-state index in [2.05, 4.69) is 58.7 Å². The lowest BCUT2D eigenvalue weighted by Crippen LogP contribution is -2.40. The van der Waals surface area contributed by atoms with Crippen molar-refractivity contribution in [3.63, 3.8) is 0 Å². The summed E-state index contributed by atoms with van der Waals surface area (Å²) in [5, 5.41) is 3.05. The summed E-state index contributed by atoms with van der Waals surface area (Å²) in [5.41, 5.74) is 3.90. The molecule has 0 aliphatic carbocycles. The molecule has 0 fully saturated rings. The van der Waals surface area contributed by atoms with Crippen LogP contribution in [0.2, 0.25) is 0 Å². The topological polar surface area (TPSA) is 32.3 Å². The number of aryl methyl sites for hydroxylation is 2. The van der Waals surface area contributed by atoms with Gasteiger partial charge in [0.25, 0.3) is 0 Å². The van der Waals surface area contributed by atoms with Crippen molar-refractivity contribution in [3.05, 3.63) is 65.7 Å². The van der Waals surface area contributed by atoms with E-state index in [1.165, 1.54) is 16.8 Å². The highest BCUT2D eigenvalue weighted by Crippen LogP contribution is 2.26. The predicted octanol–water partition coefficient (Wildman–Crippen LogP) is 3.19. The maximum Gasteiger partial charge on any atom is 0.239 e. The fourth-order valence-corrected chi connectivity index (χ4v) is 3.17. The van der Waals surface area contributed by atoms with E-state index in [0.717, 1.165) is 38.8 Å². The highest BCUT2D eigenvalue weighted by Gasteiger charge is 2.18. The van der Waals surface area contributed by atoms with Gasteiger partial charge in [0.2, 0.25) is 5.91 Å². The van der Waals surface area contributed by atoms with Crippen molar-refractivity contribution in [1.29, 1.82) is 0 Å². The van der Waals surface area contributed by atoms with Crippen molar-refractivity contribution in [1.82, 2.24) is 5.32 Å². The minimum atomic E-state index is 0.120. The van der Waals surface area contributed by atoms with E-state index in [-0.39, 0.29) is 5.91 Å². The van der Waals surface area contributed by atoms with Gasteiger partial charge in [0.05, 0.1) is 6.54 Å². The molecule has 0 aromatic heterocycles. The fraction of sp³-hybridized carbons (Fsp3) is 0.350. The number of carbonyl (C=O) groups excluding carboxylic acids is 1. The van der Waals surface area contributed by atoms with Crippen molar-refractivity contribution in [2.45, 2.75) is 25.7 Å². The van der Waals surface area contributed by atoms with Gasteiger partial charge in [-0.05, 0) is 42.9 Å². The first kappa shape index (κ1) is 15.6. The van der Waals surface area contributed by atoms with Crippen molar-refractivity contribution in [2.24, 2.45) is 0 Å². The second-order valence-corrected chi connectivity index (χ2v) is 6.09. The SMILES string of the molecule is O=C(CN1CCCc2ccccc21)NCCCc1ccccc1. The van der Waals surface area contributed by atoms with Crippen LogP contribution in [0.25, 0.3) is 0 Å². The van der Waals surface area contributed by atoms with E-state index in [0.29, 0.717) is 6.54 Å². The Hall–Kier alpha value is -2.29. The molecule has 2 aromatic rings. The summed E-state index contributed by atoms with van der Waals surface area (Å²) < 4.78 is 0. The molecule has 0 spiro atoms. The minimum absolute atomic E-state index is 0.120. The van der Waals surface area contributed by atoms with Crippen LogP contribution in [-0.2, 0) is 17.6 Å². The molecule has 1 aliphatic heterocycles. The summed E-state index contributed by atoms with van der Waals surface area (Å²) >= 11 is 0. The number of amides is 1. The van der Waals surface area contributed by atoms with Crippen molar-refractivity contribution >= 4 is 11.6 Å². The van der Waals surface area contributed by atoms with Crippen LogP contribution in [0.5, 0.6) is 0 Å². The number of benzene rings is 2. The van der Waals surface area contributed by atoms with Crippen LogP contribution in [-0.4, -0.2) is 25.5 Å². The smallest absolute Gasteiger partial charge is 0.239 e. The summed E-state index contributed by atoms with van der Waals surface area (Å²) in [6, 6.07) is 18.8. The van der Waals surface area contributed by atoms with E-state index in [1.807, 2.05) is 6.07 Å². The third-order valence-corrected chi connectivity index (χ3v) is 4.35. The summed E-state index contributed by atoms with van der Waals surface area (Å²) in [7, 11) is 0. The van der Waals surface area contributed by atoms with Gasteiger partial charge in [0, 0.05) is 18.8 Å². The molecule has 120 valence electrons. The Morgan fingerprint density at radius 1 is 1.04 bits per heavy atom. The Balaban J connectivity index is 1.43. The van der Waals surface area contributed by atoms with Gasteiger partial charge in [-0.25, -0.2) is 0 Å². The zero-order valence-corrected chi connectivity index (χ0v) is 13.5. The number of carbonyl (C=O) groups is 1. The molecule has 3 heteroatoms. The second-order valence-electron chi connectivity index (χ2n) is 6.09. The van der Waals surface area contributed by atoms with E-state index in [1.54, 1.807) is 0 Å². The Bertz CT molecular complexity index is 639. The number of fused-ring (bicyclic) bond motifs is 1. The van der Waals surface area contributed by atoms with Gasteiger partial charge in [-0.3, -0.25) is 4.79 Å². The maximum absolute atomic E-state index is 12.2. The first-order valence-corrected chi connectivity index (χ1v) is 8.46. The maximum atomic E-state index is 12.2. The first-order chi connectivity index (χ1) is 11.3. The number of para-hydroxylation sites is 1. The van der Waals surface area contributed by atoms with Gasteiger partial charge in [-0.2, -0.15) is 0 Å². The predicted molar refractivity (Wildman–Crippen MR) is 94.7 cm³/mol. The molecule has 0 saturated heterocycles. The molecule has 1 aliphatic rings. The average Bonchev–Trinajstić information content (AvgIpc) is 2.60. The summed E-state index contributed by atoms with van der Waals surface area (Å²) in [4.78, 5) is 14.4. The number of hydrogen-bond donors (Lipinski definition) is 1. The standard InChI is InChI=1S/C20H24N2O/c23-20(21-14-6-10-17-8-2-1-3-9-17)16-22-15-7-12-18-11-4-5-13-19(18)22/h1-5,8-9,11,13H,6-7,10,12,14-16H2,(H,21,23). The Kier molecular flexibility index (Phi) is 5.30. The molecule has 0 saturated carbocycles. The summed E-state index contributed by atoms with van der Waals surface area (Å²) in [5.74, 6) is 0.120. The van der Waals surface area contributed by atoms with E-state index in [4.69, 9.17) is 0 Å². The van der Waals surface area contributed by atoms with Crippen LogP contribution < -0.4 is 10.2 Å². The third-order valence-electron chi connectivity index (χ3n) is 4.35. The highest BCUT2D eigenvalue weighted by atomic mass is 16.2. The van der Waals surface area contributed by atoms with E-state index < -0.39 is 0 Å². The first-order valence-electron chi connectivity index (χ1n) is 8.46. The summed E-state index contributed by atoms with van der Waals surface area (Å²) in [6.45, 7) is 2.17. The quantitative estimate of drug-likeness (QED) is 0.831. The largest absolute Gasteiger partial charge is 0.362 e. The Morgan fingerprint density at radius 3 is 2.70 bits per heavy atom. The normalized spacial score (nSPS) is 13.5. The monoisotopic (exact) mass is 308 g/mol. The minimum Gasteiger partial charge on any atom is -0.362 e. The van der Waals surface area contributed by atoms with Gasteiger partial charge in [0.15, 0.2) is 0 Å². The lowest BCUT2D eigenvalue weighted by Gasteiger charge is -2.30. The zero-order chi connectivity index (χ0) is 15.9. The van der Waals surface area contributed by atoms with Gasteiger partial charge in [-0.1, -0.05) is 48.5 Å². The van der Waals surface area contributed by atoms with E-state index >= 15 is 0 Å². The lowest BCUT2D eigenvalue weighted by atomic mass is 10.0. The van der Waals surface area contributed by atoms with Crippen LogP contribution >= 0.6 is 0 Å². The van der Waals surface area contributed by atoms with Crippen molar-refractivity contribution < 1.29 is 4.79 Å². The number of nitrogens with one attached hydrogen (secondary N) is 1. The molecule has 1 heterocycles.